The molecule has 2 aromatic heterocycles. The Labute approximate surface area is 166 Å². The molecule has 0 aliphatic carbocycles. The first-order chi connectivity index (χ1) is 12.9. The van der Waals surface area contributed by atoms with Gasteiger partial charge in [0.25, 0.3) is 0 Å². The van der Waals surface area contributed by atoms with E-state index in [2.05, 4.69) is 25.9 Å². The number of halogens is 3. The number of carbonyl (C=O) groups is 1. The highest BCUT2D eigenvalue weighted by molar-refractivity contribution is 9.10. The minimum absolute atomic E-state index is 0.0237. The van der Waals surface area contributed by atoms with Crippen LogP contribution in [-0.4, -0.2) is 23.0 Å². The average Bonchev–Trinajstić information content (AvgIpc) is 3.16. The lowest BCUT2D eigenvalue weighted by molar-refractivity contribution is 0.0464. The van der Waals surface area contributed by atoms with Gasteiger partial charge in [0.2, 0.25) is 0 Å². The number of hydrogen-bond acceptors (Lipinski definition) is 7. The Balaban J connectivity index is 1.98. The molecule has 0 atom stereocenters. The monoisotopic (exact) mass is 455 g/mol. The fraction of sp³-hybridized carbons (Fsp3) is 0.118. The van der Waals surface area contributed by atoms with Gasteiger partial charge < -0.3 is 19.6 Å². The predicted molar refractivity (Wildman–Crippen MR) is 98.9 cm³/mol. The lowest BCUT2D eigenvalue weighted by Gasteiger charge is -2.11. The number of nitrogens with zero attached hydrogens (tertiary/aromatic N) is 2. The molecule has 2 heterocycles. The van der Waals surface area contributed by atoms with E-state index in [1.54, 1.807) is 6.07 Å². The summed E-state index contributed by atoms with van der Waals surface area (Å²) >= 11 is 9.05. The molecule has 0 saturated heterocycles. The molecule has 0 radical (unpaired) electrons. The number of nitrogen functional groups attached to an aromatic ring is 1. The normalized spacial score (nSPS) is 10.7. The van der Waals surface area contributed by atoms with Gasteiger partial charge in [-0.15, -0.1) is 0 Å². The number of hydrogen-bond donors (Lipinski definition) is 1. The minimum Gasteiger partial charge on any atom is -0.492 e. The summed E-state index contributed by atoms with van der Waals surface area (Å²) in [6.45, 7) is -0.0237. The van der Waals surface area contributed by atoms with Crippen LogP contribution in [0.4, 0.5) is 10.2 Å². The summed E-state index contributed by atoms with van der Waals surface area (Å²) in [7, 11) is 1.28. The van der Waals surface area contributed by atoms with E-state index >= 15 is 0 Å². The quantitative estimate of drug-likeness (QED) is 0.573. The first-order valence-electron chi connectivity index (χ1n) is 7.46. The molecule has 27 heavy (non-hydrogen) atoms. The Bertz CT molecular complexity index is 998. The number of rotatable bonds is 5. The van der Waals surface area contributed by atoms with E-state index in [0.717, 1.165) is 0 Å². The molecule has 0 aliphatic heterocycles. The minimum atomic E-state index is -0.774. The van der Waals surface area contributed by atoms with Crippen molar-refractivity contribution in [2.75, 3.05) is 12.8 Å². The van der Waals surface area contributed by atoms with Gasteiger partial charge >= 0.3 is 5.97 Å². The second-order valence-electron chi connectivity index (χ2n) is 5.24. The van der Waals surface area contributed by atoms with Crippen molar-refractivity contribution in [2.45, 2.75) is 6.61 Å². The Morgan fingerprint density at radius 1 is 1.37 bits per heavy atom. The zero-order valence-corrected chi connectivity index (χ0v) is 16.2. The van der Waals surface area contributed by atoms with Gasteiger partial charge in [-0.1, -0.05) is 11.6 Å². The average molecular weight is 457 g/mol. The first kappa shape index (κ1) is 19.1. The summed E-state index contributed by atoms with van der Waals surface area (Å²) in [5.41, 5.74) is 6.33. The summed E-state index contributed by atoms with van der Waals surface area (Å²) in [6.07, 6.45) is 2.90. The summed E-state index contributed by atoms with van der Waals surface area (Å²) in [5, 5.41) is 0.0866. The van der Waals surface area contributed by atoms with Gasteiger partial charge in [-0.05, 0) is 34.1 Å². The number of benzene rings is 1. The second-order valence-corrected chi connectivity index (χ2v) is 6.45. The lowest BCUT2D eigenvalue weighted by Crippen LogP contribution is -2.12. The van der Waals surface area contributed by atoms with Crippen LogP contribution in [0.1, 0.15) is 16.1 Å². The van der Waals surface area contributed by atoms with Crippen LogP contribution in [0.5, 0.6) is 5.75 Å². The molecule has 3 aromatic rings. The molecule has 10 heteroatoms. The van der Waals surface area contributed by atoms with Crippen molar-refractivity contribution < 1.29 is 23.1 Å². The van der Waals surface area contributed by atoms with Crippen LogP contribution in [0.2, 0.25) is 5.02 Å². The third-order valence-corrected chi connectivity index (χ3v) is 4.59. The topological polar surface area (TPSA) is 100 Å². The van der Waals surface area contributed by atoms with Crippen molar-refractivity contribution in [3.05, 3.63) is 57.3 Å². The summed E-state index contributed by atoms with van der Waals surface area (Å²) in [4.78, 5) is 20.5. The number of furan rings is 1. The number of nitrogens with two attached hydrogens (primary N) is 1. The van der Waals surface area contributed by atoms with Gasteiger partial charge in [0.1, 0.15) is 12.4 Å². The van der Waals surface area contributed by atoms with Crippen LogP contribution in [0.15, 0.2) is 39.6 Å². The molecule has 0 saturated carbocycles. The molecule has 0 fully saturated rings. The van der Waals surface area contributed by atoms with Gasteiger partial charge in [-0.3, -0.25) is 0 Å². The zero-order chi connectivity index (χ0) is 19.6. The van der Waals surface area contributed by atoms with Crippen molar-refractivity contribution in [2.24, 2.45) is 0 Å². The molecule has 7 nitrogen and oxygen atoms in total. The number of methoxy groups -OCH3 is 1. The number of carbonyl (C=O) groups excluding carboxylic acids is 1. The predicted octanol–water partition coefficient (Wildman–Crippen LogP) is 4.24. The fourth-order valence-corrected chi connectivity index (χ4v) is 2.77. The van der Waals surface area contributed by atoms with Crippen molar-refractivity contribution in [1.82, 2.24) is 9.97 Å². The Morgan fingerprint density at radius 3 is 2.81 bits per heavy atom. The summed E-state index contributed by atoms with van der Waals surface area (Å²) in [6, 6.07) is 4.44. The molecule has 3 rings (SSSR count). The Kier molecular flexibility index (Phi) is 5.62. The SMILES string of the molecule is COc1c(Cl)ccc(-c2nc(N)c(Br)c(C(=O)OCc3ccoc3)n2)c1F. The summed E-state index contributed by atoms with van der Waals surface area (Å²) < 4.78 is 29.8. The van der Waals surface area contributed by atoms with Crippen molar-refractivity contribution >= 4 is 39.3 Å². The van der Waals surface area contributed by atoms with Crippen molar-refractivity contribution in [1.29, 1.82) is 0 Å². The molecule has 140 valence electrons. The third-order valence-electron chi connectivity index (χ3n) is 3.51. The fourth-order valence-electron chi connectivity index (χ4n) is 2.20. The van der Waals surface area contributed by atoms with E-state index in [0.29, 0.717) is 5.56 Å². The molecule has 0 unspecified atom stereocenters. The van der Waals surface area contributed by atoms with E-state index < -0.39 is 11.8 Å². The third kappa shape index (κ3) is 3.88. The smallest absolute Gasteiger partial charge is 0.358 e. The van der Waals surface area contributed by atoms with Crippen LogP contribution < -0.4 is 10.5 Å². The maximum atomic E-state index is 14.6. The maximum absolute atomic E-state index is 14.6. The number of aromatic nitrogens is 2. The van der Waals surface area contributed by atoms with Crippen LogP contribution in [0.3, 0.4) is 0 Å². The van der Waals surface area contributed by atoms with Crippen LogP contribution in [0.25, 0.3) is 11.4 Å². The van der Waals surface area contributed by atoms with Gasteiger partial charge in [0, 0.05) is 5.56 Å². The standard InChI is InChI=1S/C17H12BrClFN3O4/c1-25-14-10(19)3-2-9(12(14)20)16-22-13(11(18)15(21)23-16)17(24)27-7-8-4-5-26-6-8/h2-6H,7H2,1H3,(H2,21,22,23). The number of esters is 1. The van der Waals surface area contributed by atoms with Crippen molar-refractivity contribution in [3.63, 3.8) is 0 Å². The first-order valence-corrected chi connectivity index (χ1v) is 8.63. The molecular weight excluding hydrogens is 445 g/mol. The van der Waals surface area contributed by atoms with Gasteiger partial charge in [0.15, 0.2) is 23.1 Å². The highest BCUT2D eigenvalue weighted by atomic mass is 79.9. The van der Waals surface area contributed by atoms with Gasteiger partial charge in [0.05, 0.1) is 34.7 Å². The molecule has 0 spiro atoms. The van der Waals surface area contributed by atoms with Gasteiger partial charge in [-0.2, -0.15) is 0 Å². The van der Waals surface area contributed by atoms with E-state index in [1.807, 2.05) is 0 Å². The zero-order valence-electron chi connectivity index (χ0n) is 13.8. The second kappa shape index (κ2) is 7.93. The largest absolute Gasteiger partial charge is 0.492 e. The van der Waals surface area contributed by atoms with Crippen LogP contribution >= 0.6 is 27.5 Å². The molecule has 0 aliphatic rings. The lowest BCUT2D eigenvalue weighted by atomic mass is 10.1. The van der Waals surface area contributed by atoms with Gasteiger partial charge in [-0.25, -0.2) is 19.2 Å². The van der Waals surface area contributed by atoms with Crippen molar-refractivity contribution in [3.8, 4) is 17.1 Å². The van der Waals surface area contributed by atoms with E-state index in [9.17, 15) is 9.18 Å². The Morgan fingerprint density at radius 2 is 2.15 bits per heavy atom. The molecule has 1 aromatic carbocycles. The number of anilines is 1. The molecule has 2 N–H and O–H groups in total. The van der Waals surface area contributed by atoms with Crippen LogP contribution in [-0.2, 0) is 11.3 Å². The summed E-state index contributed by atoms with van der Waals surface area (Å²) in [5.74, 6) is -1.87. The number of ether oxygens (including phenoxy) is 2. The Hall–Kier alpha value is -2.65. The highest BCUT2D eigenvalue weighted by Crippen LogP contribution is 2.35. The van der Waals surface area contributed by atoms with E-state index in [1.165, 1.54) is 31.8 Å². The highest BCUT2D eigenvalue weighted by Gasteiger charge is 2.22. The molecule has 0 bridgehead atoms. The maximum Gasteiger partial charge on any atom is 0.358 e. The molecule has 0 amide bonds. The van der Waals surface area contributed by atoms with Crippen LogP contribution in [0, 0.1) is 5.82 Å². The van der Waals surface area contributed by atoms with E-state index in [-0.39, 0.29) is 44.8 Å². The molecular formula is C17H12BrClFN3O4. The van der Waals surface area contributed by atoms with E-state index in [4.69, 9.17) is 31.2 Å².